The molecule has 3 aromatic rings. The Morgan fingerprint density at radius 3 is 2.70 bits per heavy atom. The van der Waals surface area contributed by atoms with Crippen molar-refractivity contribution in [2.75, 3.05) is 5.84 Å². The average Bonchev–Trinajstić information content (AvgIpc) is 3.00. The lowest BCUT2D eigenvalue weighted by Gasteiger charge is -1.95. The molecule has 0 saturated heterocycles. The summed E-state index contributed by atoms with van der Waals surface area (Å²) >= 11 is 7.47. The van der Waals surface area contributed by atoms with Crippen molar-refractivity contribution < 1.29 is 17.1 Å². The summed E-state index contributed by atoms with van der Waals surface area (Å²) in [5.41, 5.74) is 2.02. The Bertz CT molecular complexity index is 692. The van der Waals surface area contributed by atoms with Crippen LogP contribution in [0.1, 0.15) is 5.69 Å². The van der Waals surface area contributed by atoms with Crippen LogP contribution in [0, 0.1) is 0 Å². The molecule has 0 fully saturated rings. The third-order valence-electron chi connectivity index (χ3n) is 2.57. The van der Waals surface area contributed by atoms with E-state index in [2.05, 4.69) is 10.1 Å². The van der Waals surface area contributed by atoms with E-state index in [-0.39, 0.29) is 12.4 Å². The van der Waals surface area contributed by atoms with Crippen LogP contribution in [-0.4, -0.2) is 14.8 Å². The van der Waals surface area contributed by atoms with E-state index in [1.807, 2.05) is 29.6 Å². The van der Waals surface area contributed by atoms with Crippen molar-refractivity contribution in [1.29, 1.82) is 0 Å². The molecular formula is C12H11Cl2N5S. The molecule has 0 bridgehead atoms. The number of benzene rings is 1. The van der Waals surface area contributed by atoms with Crippen LogP contribution < -0.4 is 22.9 Å². The van der Waals surface area contributed by atoms with Crippen LogP contribution in [0.3, 0.4) is 0 Å². The fourth-order valence-corrected chi connectivity index (χ4v) is 2.63. The normalized spacial score (nSPS) is 10.2. The SMILES string of the molecule is N[n+]1cnn(Cc2csc(-c3ccc(Cl)cc3)n2)c1.[Cl-]. The average molecular weight is 328 g/mol. The molecule has 0 radical (unpaired) electrons. The van der Waals surface area contributed by atoms with E-state index in [1.165, 1.54) is 4.68 Å². The molecule has 0 saturated carbocycles. The van der Waals surface area contributed by atoms with Crippen LogP contribution in [0.4, 0.5) is 0 Å². The topological polar surface area (TPSA) is 60.6 Å². The highest BCUT2D eigenvalue weighted by Gasteiger charge is 2.09. The first-order valence-corrected chi connectivity index (χ1v) is 6.85. The maximum Gasteiger partial charge on any atom is 0.286 e. The second-order valence-electron chi connectivity index (χ2n) is 4.04. The minimum absolute atomic E-state index is 0. The van der Waals surface area contributed by atoms with Crippen molar-refractivity contribution in [3.8, 4) is 10.6 Å². The van der Waals surface area contributed by atoms with E-state index >= 15 is 0 Å². The van der Waals surface area contributed by atoms with Gasteiger partial charge in [0.05, 0.1) is 5.69 Å². The summed E-state index contributed by atoms with van der Waals surface area (Å²) in [6.45, 7) is 0.605. The van der Waals surface area contributed by atoms with E-state index in [0.29, 0.717) is 6.54 Å². The van der Waals surface area contributed by atoms with Gasteiger partial charge in [-0.3, -0.25) is 5.84 Å². The molecule has 0 spiro atoms. The first kappa shape index (κ1) is 14.8. The molecule has 0 aliphatic carbocycles. The number of nitrogen functional groups attached to an aromatic ring is 1. The Labute approximate surface area is 131 Å². The molecule has 3 rings (SSSR count). The fraction of sp³-hybridized carbons (Fsp3) is 0.0833. The monoisotopic (exact) mass is 327 g/mol. The predicted octanol–water partition coefficient (Wildman–Crippen LogP) is -1.29. The highest BCUT2D eigenvalue weighted by Crippen LogP contribution is 2.25. The van der Waals surface area contributed by atoms with Gasteiger partial charge < -0.3 is 12.4 Å². The number of nitrogens with two attached hydrogens (primary N) is 1. The molecule has 2 heterocycles. The zero-order valence-corrected chi connectivity index (χ0v) is 12.6. The Morgan fingerprint density at radius 2 is 2.05 bits per heavy atom. The summed E-state index contributed by atoms with van der Waals surface area (Å²) < 4.78 is 3.15. The lowest BCUT2D eigenvalue weighted by Crippen LogP contribution is -3.00. The van der Waals surface area contributed by atoms with Gasteiger partial charge in [-0.2, -0.15) is 0 Å². The Balaban J connectivity index is 0.00000147. The Kier molecular flexibility index (Phi) is 4.59. The number of halogens is 2. The number of rotatable bonds is 3. The molecule has 0 aliphatic rings. The summed E-state index contributed by atoms with van der Waals surface area (Å²) in [5.74, 6) is 5.55. The van der Waals surface area contributed by atoms with Crippen LogP contribution in [-0.2, 0) is 6.54 Å². The first-order valence-electron chi connectivity index (χ1n) is 5.60. The molecule has 0 atom stereocenters. The zero-order valence-electron chi connectivity index (χ0n) is 10.3. The van der Waals surface area contributed by atoms with E-state index in [4.69, 9.17) is 17.4 Å². The minimum Gasteiger partial charge on any atom is -1.00 e. The van der Waals surface area contributed by atoms with Gasteiger partial charge in [0, 0.05) is 21.1 Å². The number of hydrogen-bond donors (Lipinski definition) is 1. The predicted molar refractivity (Wildman–Crippen MR) is 74.2 cm³/mol. The third kappa shape index (κ3) is 3.27. The molecule has 20 heavy (non-hydrogen) atoms. The quantitative estimate of drug-likeness (QED) is 0.481. The Morgan fingerprint density at radius 1 is 1.30 bits per heavy atom. The standard InChI is InChI=1S/C12H11ClN5S.ClH/c13-10-3-1-9(2-4-10)12-16-11(6-19-12)5-18-8-17(14)7-15-18;/h1-4,6-8H,5,14H2;1H/q+1;/p-1. The van der Waals surface area contributed by atoms with E-state index < -0.39 is 0 Å². The largest absolute Gasteiger partial charge is 1.00 e. The summed E-state index contributed by atoms with van der Waals surface area (Å²) in [7, 11) is 0. The van der Waals surface area contributed by atoms with Crippen LogP contribution in [0.15, 0.2) is 42.3 Å². The van der Waals surface area contributed by atoms with Crippen molar-refractivity contribution in [2.45, 2.75) is 6.54 Å². The van der Waals surface area contributed by atoms with Gasteiger partial charge in [-0.15, -0.1) is 20.7 Å². The smallest absolute Gasteiger partial charge is 0.286 e. The Hall–Kier alpha value is -1.63. The number of thiazole rings is 1. The molecule has 0 aliphatic heterocycles. The van der Waals surface area contributed by atoms with Gasteiger partial charge in [0.2, 0.25) is 6.33 Å². The summed E-state index contributed by atoms with van der Waals surface area (Å²) in [4.78, 5) is 4.58. The molecule has 0 amide bonds. The third-order valence-corrected chi connectivity index (χ3v) is 3.76. The zero-order chi connectivity index (χ0) is 13.2. The van der Waals surface area contributed by atoms with Gasteiger partial charge in [-0.1, -0.05) is 23.7 Å². The van der Waals surface area contributed by atoms with Gasteiger partial charge in [0.15, 0.2) is 0 Å². The summed E-state index contributed by atoms with van der Waals surface area (Å²) in [6.07, 6.45) is 3.26. The molecule has 8 heteroatoms. The lowest BCUT2D eigenvalue weighted by atomic mass is 10.2. The minimum atomic E-state index is 0. The van der Waals surface area contributed by atoms with E-state index in [9.17, 15) is 0 Å². The molecule has 104 valence electrons. The highest BCUT2D eigenvalue weighted by atomic mass is 35.5. The summed E-state index contributed by atoms with van der Waals surface area (Å²) in [5, 5.41) is 7.82. The molecule has 0 unspecified atom stereocenters. The number of hydrogen-bond acceptors (Lipinski definition) is 4. The van der Waals surface area contributed by atoms with Crippen LogP contribution in [0.25, 0.3) is 10.6 Å². The van der Waals surface area contributed by atoms with Crippen molar-refractivity contribution >= 4 is 22.9 Å². The van der Waals surface area contributed by atoms with Gasteiger partial charge in [0.25, 0.3) is 6.33 Å². The van der Waals surface area contributed by atoms with Gasteiger partial charge >= 0.3 is 0 Å². The van der Waals surface area contributed by atoms with E-state index in [1.54, 1.807) is 28.7 Å². The maximum absolute atomic E-state index is 5.87. The summed E-state index contributed by atoms with van der Waals surface area (Å²) in [6, 6.07) is 7.66. The first-order chi connectivity index (χ1) is 9.20. The van der Waals surface area contributed by atoms with Crippen molar-refractivity contribution in [2.24, 2.45) is 0 Å². The number of nitrogens with zero attached hydrogens (tertiary/aromatic N) is 4. The highest BCUT2D eigenvalue weighted by molar-refractivity contribution is 7.13. The molecule has 5 nitrogen and oxygen atoms in total. The van der Waals surface area contributed by atoms with Gasteiger partial charge in [-0.05, 0) is 12.1 Å². The lowest BCUT2D eigenvalue weighted by molar-refractivity contribution is -0.639. The molecule has 1 aromatic carbocycles. The van der Waals surface area contributed by atoms with Crippen molar-refractivity contribution in [3.63, 3.8) is 0 Å². The van der Waals surface area contributed by atoms with Crippen LogP contribution in [0.2, 0.25) is 5.02 Å². The van der Waals surface area contributed by atoms with Crippen molar-refractivity contribution in [1.82, 2.24) is 14.8 Å². The maximum atomic E-state index is 5.87. The van der Waals surface area contributed by atoms with Gasteiger partial charge in [0.1, 0.15) is 11.6 Å². The number of aromatic nitrogens is 4. The second-order valence-corrected chi connectivity index (χ2v) is 5.34. The molecule has 2 N–H and O–H groups in total. The molecule has 2 aromatic heterocycles. The molecular weight excluding hydrogens is 317 g/mol. The van der Waals surface area contributed by atoms with E-state index in [0.717, 1.165) is 21.3 Å². The van der Waals surface area contributed by atoms with Gasteiger partial charge in [-0.25, -0.2) is 4.98 Å². The van der Waals surface area contributed by atoms with Crippen LogP contribution in [0.5, 0.6) is 0 Å². The fourth-order valence-electron chi connectivity index (χ4n) is 1.69. The van der Waals surface area contributed by atoms with Crippen LogP contribution >= 0.6 is 22.9 Å². The second kappa shape index (κ2) is 6.21. The van der Waals surface area contributed by atoms with Crippen molar-refractivity contribution in [3.05, 3.63) is 53.0 Å².